The molecule has 2 unspecified atom stereocenters. The highest BCUT2D eigenvalue weighted by Gasteiger charge is 2.35. The predicted molar refractivity (Wildman–Crippen MR) is 95.8 cm³/mol. The second-order valence-corrected chi connectivity index (χ2v) is 6.42. The van der Waals surface area contributed by atoms with Crippen LogP contribution in [0.15, 0.2) is 42.9 Å². The Balaban J connectivity index is 1.86. The first-order valence-corrected chi connectivity index (χ1v) is 8.78. The average molecular weight is 374 g/mol. The van der Waals surface area contributed by atoms with Gasteiger partial charge < -0.3 is 15.0 Å². The third-order valence-corrected chi connectivity index (χ3v) is 4.73. The maximum absolute atomic E-state index is 13.3. The lowest BCUT2D eigenvalue weighted by molar-refractivity contribution is -0.389. The number of likely N-dealkylation sites (tertiary alicyclic amines) is 1. The van der Waals surface area contributed by atoms with Gasteiger partial charge in [-0.25, -0.2) is 9.78 Å². The molecule has 1 fully saturated rings. The summed E-state index contributed by atoms with van der Waals surface area (Å²) in [6.07, 6.45) is 4.78. The lowest BCUT2D eigenvalue weighted by atomic mass is 10.0. The molecule has 0 radical (unpaired) electrons. The van der Waals surface area contributed by atoms with Gasteiger partial charge in [-0.05, 0) is 28.3 Å². The normalized spacial score (nSPS) is 17.8. The third-order valence-electron chi connectivity index (χ3n) is 4.73. The molecular formula is C18H22N4O5. The number of nitrogens with zero attached hydrogens (tertiary/aromatic N) is 4. The van der Waals surface area contributed by atoms with Crippen LogP contribution in [-0.2, 0) is 21.0 Å². The molecule has 2 aromatic rings. The van der Waals surface area contributed by atoms with Gasteiger partial charge in [0.25, 0.3) is 0 Å². The van der Waals surface area contributed by atoms with Crippen LogP contribution in [0.4, 0.5) is 5.82 Å². The van der Waals surface area contributed by atoms with E-state index in [-0.39, 0.29) is 17.8 Å². The minimum atomic E-state index is -0.614. The molecule has 0 N–H and O–H groups in total. The second kappa shape index (κ2) is 8.74. The van der Waals surface area contributed by atoms with Crippen LogP contribution in [0.2, 0.25) is 0 Å². The van der Waals surface area contributed by atoms with E-state index in [2.05, 4.69) is 9.87 Å². The molecule has 144 valence electrons. The number of carbonyl (C=O) groups is 1. The van der Waals surface area contributed by atoms with Crippen LogP contribution >= 0.6 is 0 Å². The van der Waals surface area contributed by atoms with Crippen molar-refractivity contribution in [1.82, 2.24) is 14.5 Å². The standard InChI is InChI=1S/C18H22N4O5/c1-26-27-12-15-8-5-9-21(15)18(23)16(10-14-6-3-2-4-7-14)20-11-17(19-13-20)22(24)25/h2-4,6-7,11,13,15-16H,5,8-10,12H2,1H3. The Morgan fingerprint density at radius 1 is 1.41 bits per heavy atom. The molecule has 27 heavy (non-hydrogen) atoms. The summed E-state index contributed by atoms with van der Waals surface area (Å²) in [5, 5.41) is 11.0. The van der Waals surface area contributed by atoms with Crippen LogP contribution in [-0.4, -0.2) is 51.6 Å². The molecule has 0 saturated carbocycles. The number of amides is 1. The number of hydrogen-bond acceptors (Lipinski definition) is 6. The molecule has 0 bridgehead atoms. The van der Waals surface area contributed by atoms with E-state index in [0.717, 1.165) is 18.4 Å². The van der Waals surface area contributed by atoms with E-state index in [1.807, 2.05) is 30.3 Å². The van der Waals surface area contributed by atoms with Gasteiger partial charge in [0.2, 0.25) is 12.2 Å². The van der Waals surface area contributed by atoms with Crippen molar-refractivity contribution in [3.63, 3.8) is 0 Å². The van der Waals surface area contributed by atoms with Gasteiger partial charge >= 0.3 is 5.82 Å². The lowest BCUT2D eigenvalue weighted by Gasteiger charge is -2.28. The zero-order chi connectivity index (χ0) is 19.2. The number of carbonyl (C=O) groups excluding carboxylic acids is 1. The molecule has 9 heteroatoms. The number of rotatable bonds is 8. The van der Waals surface area contributed by atoms with E-state index in [1.165, 1.54) is 24.2 Å². The van der Waals surface area contributed by atoms with E-state index >= 15 is 0 Å². The summed E-state index contributed by atoms with van der Waals surface area (Å²) in [7, 11) is 1.43. The monoisotopic (exact) mass is 374 g/mol. The summed E-state index contributed by atoms with van der Waals surface area (Å²) in [5.41, 5.74) is 0.969. The van der Waals surface area contributed by atoms with E-state index in [9.17, 15) is 14.9 Å². The molecule has 2 atom stereocenters. The first-order chi connectivity index (χ1) is 13.1. The highest BCUT2D eigenvalue weighted by molar-refractivity contribution is 5.81. The number of benzene rings is 1. The molecule has 3 rings (SSSR count). The Kier molecular flexibility index (Phi) is 6.15. The Morgan fingerprint density at radius 3 is 2.85 bits per heavy atom. The fourth-order valence-corrected chi connectivity index (χ4v) is 3.39. The van der Waals surface area contributed by atoms with Crippen molar-refractivity contribution in [3.8, 4) is 0 Å². The first kappa shape index (κ1) is 19.0. The van der Waals surface area contributed by atoms with Gasteiger partial charge in [0.15, 0.2) is 0 Å². The van der Waals surface area contributed by atoms with Gasteiger partial charge in [0.1, 0.15) is 18.8 Å². The summed E-state index contributed by atoms with van der Waals surface area (Å²) < 4.78 is 1.53. The maximum atomic E-state index is 13.3. The molecule has 0 spiro atoms. The van der Waals surface area contributed by atoms with Crippen molar-refractivity contribution >= 4 is 11.7 Å². The average Bonchev–Trinajstić information content (AvgIpc) is 3.34. The topological polar surface area (TPSA) is 99.7 Å². The Bertz CT molecular complexity index is 779. The van der Waals surface area contributed by atoms with Crippen molar-refractivity contribution in [2.75, 3.05) is 20.3 Å². The van der Waals surface area contributed by atoms with Crippen molar-refractivity contribution in [2.24, 2.45) is 0 Å². The van der Waals surface area contributed by atoms with Crippen molar-refractivity contribution in [3.05, 3.63) is 58.5 Å². The van der Waals surface area contributed by atoms with Crippen LogP contribution in [0.1, 0.15) is 24.4 Å². The second-order valence-electron chi connectivity index (χ2n) is 6.42. The van der Waals surface area contributed by atoms with Crippen LogP contribution in [0.5, 0.6) is 0 Å². The Morgan fingerprint density at radius 2 is 2.19 bits per heavy atom. The van der Waals surface area contributed by atoms with Crippen LogP contribution < -0.4 is 0 Å². The molecule has 1 aliphatic rings. The quantitative estimate of drug-likeness (QED) is 0.399. The fraction of sp³-hybridized carbons (Fsp3) is 0.444. The van der Waals surface area contributed by atoms with Gasteiger partial charge in [-0.3, -0.25) is 9.36 Å². The maximum Gasteiger partial charge on any atom is 0.381 e. The van der Waals surface area contributed by atoms with Gasteiger partial charge in [-0.15, -0.1) is 0 Å². The summed E-state index contributed by atoms with van der Waals surface area (Å²) in [4.78, 5) is 39.0. The lowest BCUT2D eigenvalue weighted by Crippen LogP contribution is -2.43. The summed E-state index contributed by atoms with van der Waals surface area (Å²) >= 11 is 0. The van der Waals surface area contributed by atoms with Crippen molar-refractivity contribution in [2.45, 2.75) is 31.3 Å². The molecule has 1 amide bonds. The zero-order valence-electron chi connectivity index (χ0n) is 15.1. The number of nitro groups is 1. The van der Waals surface area contributed by atoms with Gasteiger partial charge in [-0.2, -0.15) is 0 Å². The molecule has 1 aliphatic heterocycles. The zero-order valence-corrected chi connectivity index (χ0v) is 15.1. The molecular weight excluding hydrogens is 352 g/mol. The van der Waals surface area contributed by atoms with E-state index in [0.29, 0.717) is 19.6 Å². The smallest absolute Gasteiger partial charge is 0.358 e. The molecule has 9 nitrogen and oxygen atoms in total. The minimum absolute atomic E-state index is 0.0748. The number of imidazole rings is 1. The van der Waals surface area contributed by atoms with Crippen LogP contribution in [0.3, 0.4) is 0 Å². The summed E-state index contributed by atoms with van der Waals surface area (Å²) in [6.45, 7) is 0.920. The van der Waals surface area contributed by atoms with E-state index < -0.39 is 11.0 Å². The van der Waals surface area contributed by atoms with Crippen molar-refractivity contribution < 1.29 is 19.5 Å². The van der Waals surface area contributed by atoms with E-state index in [4.69, 9.17) is 4.89 Å². The third kappa shape index (κ3) is 4.50. The fourth-order valence-electron chi connectivity index (χ4n) is 3.39. The summed E-state index contributed by atoms with van der Waals surface area (Å²) in [5.74, 6) is -0.380. The van der Waals surface area contributed by atoms with Gasteiger partial charge in [0.05, 0.1) is 13.2 Å². The SMILES string of the molecule is COOCC1CCCN1C(=O)C(Cc1ccccc1)n1cnc([N+](=O)[O-])c1. The van der Waals surface area contributed by atoms with E-state index in [1.54, 1.807) is 4.90 Å². The van der Waals surface area contributed by atoms with Crippen LogP contribution in [0, 0.1) is 10.1 Å². The Labute approximate surface area is 156 Å². The molecule has 1 aromatic carbocycles. The highest BCUT2D eigenvalue weighted by Crippen LogP contribution is 2.25. The largest absolute Gasteiger partial charge is 0.381 e. The predicted octanol–water partition coefficient (Wildman–Crippen LogP) is 2.14. The number of hydrogen-bond donors (Lipinski definition) is 0. The van der Waals surface area contributed by atoms with Crippen LogP contribution in [0.25, 0.3) is 0 Å². The molecule has 0 aliphatic carbocycles. The number of aromatic nitrogens is 2. The summed E-state index contributed by atoms with van der Waals surface area (Å²) in [6, 6.07) is 8.88. The van der Waals surface area contributed by atoms with Gasteiger partial charge in [-0.1, -0.05) is 30.3 Å². The molecule has 1 saturated heterocycles. The molecule has 2 heterocycles. The van der Waals surface area contributed by atoms with Crippen molar-refractivity contribution in [1.29, 1.82) is 0 Å². The minimum Gasteiger partial charge on any atom is -0.358 e. The highest BCUT2D eigenvalue weighted by atomic mass is 17.2. The first-order valence-electron chi connectivity index (χ1n) is 8.78. The van der Waals surface area contributed by atoms with Gasteiger partial charge in [0, 0.05) is 13.0 Å². The molecule has 1 aromatic heterocycles. The Hall–Kier alpha value is -2.78.